The molecule has 2 saturated heterocycles. The second-order valence-electron chi connectivity index (χ2n) is 8.15. The third kappa shape index (κ3) is 6.80. The van der Waals surface area contributed by atoms with Gasteiger partial charge in [0.05, 0.1) is 25.3 Å². The van der Waals surface area contributed by atoms with Crippen molar-refractivity contribution in [2.24, 2.45) is 4.99 Å². The number of guanidine groups is 1. The number of nitrogens with one attached hydrogen (secondary N) is 1. The number of halogens is 1. The van der Waals surface area contributed by atoms with Crippen molar-refractivity contribution in [1.29, 1.82) is 0 Å². The summed E-state index contributed by atoms with van der Waals surface area (Å²) in [5.74, 6) is 1.03. The number of hydrogen-bond acceptors (Lipinski definition) is 4. The summed E-state index contributed by atoms with van der Waals surface area (Å²) in [7, 11) is 2.16. The average molecular weight is 515 g/mol. The van der Waals surface area contributed by atoms with E-state index in [1.54, 1.807) is 0 Å². The molecule has 0 amide bonds. The van der Waals surface area contributed by atoms with E-state index in [9.17, 15) is 0 Å². The molecule has 2 aliphatic heterocycles. The van der Waals surface area contributed by atoms with Crippen molar-refractivity contribution in [3.05, 3.63) is 35.9 Å². The molecule has 2 fully saturated rings. The number of benzene rings is 1. The molecule has 29 heavy (non-hydrogen) atoms. The summed E-state index contributed by atoms with van der Waals surface area (Å²) in [4.78, 5) is 12.2. The topological polar surface area (TPSA) is 43.3 Å². The van der Waals surface area contributed by atoms with Gasteiger partial charge in [0.25, 0.3) is 0 Å². The fraction of sp³-hybridized carbons (Fsp3) is 0.682. The predicted octanol–water partition coefficient (Wildman–Crippen LogP) is 2.50. The number of rotatable bonds is 7. The molecule has 0 saturated carbocycles. The van der Waals surface area contributed by atoms with Gasteiger partial charge >= 0.3 is 0 Å². The van der Waals surface area contributed by atoms with E-state index in [4.69, 9.17) is 9.73 Å². The van der Waals surface area contributed by atoms with Gasteiger partial charge < -0.3 is 19.9 Å². The number of likely N-dealkylation sites (N-methyl/N-ethyl adjacent to an activating group) is 1. The maximum atomic E-state index is 6.13. The quantitative estimate of drug-likeness (QED) is 0.344. The van der Waals surface area contributed by atoms with E-state index < -0.39 is 0 Å². The smallest absolute Gasteiger partial charge is 0.194 e. The second kappa shape index (κ2) is 12.1. The van der Waals surface area contributed by atoms with Crippen LogP contribution in [0.5, 0.6) is 0 Å². The zero-order valence-electron chi connectivity index (χ0n) is 18.4. The van der Waals surface area contributed by atoms with Crippen molar-refractivity contribution < 1.29 is 4.74 Å². The fourth-order valence-corrected chi connectivity index (χ4v) is 3.94. The first-order chi connectivity index (χ1) is 13.6. The summed E-state index contributed by atoms with van der Waals surface area (Å²) < 4.78 is 6.13. The van der Waals surface area contributed by atoms with Crippen LogP contribution < -0.4 is 5.32 Å². The van der Waals surface area contributed by atoms with E-state index in [0.717, 1.165) is 58.4 Å². The first-order valence-electron chi connectivity index (χ1n) is 10.7. The molecule has 0 spiro atoms. The molecule has 1 aromatic carbocycles. The zero-order chi connectivity index (χ0) is 19.9. The van der Waals surface area contributed by atoms with E-state index in [-0.39, 0.29) is 30.1 Å². The molecule has 0 aliphatic carbocycles. The van der Waals surface area contributed by atoms with Gasteiger partial charge in [-0.2, -0.15) is 0 Å². The van der Waals surface area contributed by atoms with Crippen LogP contribution in [0.4, 0.5) is 0 Å². The number of morpholine rings is 1. The minimum absolute atomic E-state index is 0. The molecular weight excluding hydrogens is 477 g/mol. The molecular formula is C22H38IN5O. The molecule has 1 aromatic rings. The Balaban J connectivity index is 0.00000300. The second-order valence-corrected chi connectivity index (χ2v) is 8.15. The molecule has 7 heteroatoms. The summed E-state index contributed by atoms with van der Waals surface area (Å²) in [6, 6.07) is 11.7. The van der Waals surface area contributed by atoms with E-state index in [1.165, 1.54) is 5.56 Å². The van der Waals surface area contributed by atoms with Crippen molar-refractivity contribution in [3.63, 3.8) is 0 Å². The van der Waals surface area contributed by atoms with Crippen LogP contribution >= 0.6 is 24.0 Å². The molecule has 0 bridgehead atoms. The molecule has 164 valence electrons. The number of hydrogen-bond donors (Lipinski definition) is 1. The highest BCUT2D eigenvalue weighted by molar-refractivity contribution is 14.0. The van der Waals surface area contributed by atoms with E-state index in [2.05, 4.69) is 78.2 Å². The predicted molar refractivity (Wildman–Crippen MR) is 131 cm³/mol. The van der Waals surface area contributed by atoms with Crippen LogP contribution in [0.2, 0.25) is 0 Å². The van der Waals surface area contributed by atoms with Gasteiger partial charge in [-0.3, -0.25) is 9.89 Å². The lowest BCUT2D eigenvalue weighted by Gasteiger charge is -2.36. The lowest BCUT2D eigenvalue weighted by Crippen LogP contribution is -2.50. The third-order valence-electron chi connectivity index (χ3n) is 5.88. The van der Waals surface area contributed by atoms with Gasteiger partial charge in [0.2, 0.25) is 0 Å². The number of nitrogens with zero attached hydrogens (tertiary/aromatic N) is 4. The number of fused-ring (bicyclic) bond motifs is 1. The lowest BCUT2D eigenvalue weighted by molar-refractivity contribution is -0.0502. The van der Waals surface area contributed by atoms with Crippen molar-refractivity contribution in [3.8, 4) is 0 Å². The molecule has 0 aromatic heterocycles. The van der Waals surface area contributed by atoms with Crippen LogP contribution in [-0.4, -0.2) is 91.8 Å². The van der Waals surface area contributed by atoms with Crippen molar-refractivity contribution in [2.45, 2.75) is 45.5 Å². The van der Waals surface area contributed by atoms with Crippen LogP contribution in [-0.2, 0) is 11.3 Å². The normalized spacial score (nSPS) is 22.7. The fourth-order valence-electron chi connectivity index (χ4n) is 3.94. The number of likely N-dealkylation sites (tertiary alicyclic amines) is 1. The Morgan fingerprint density at radius 2 is 2.03 bits per heavy atom. The summed E-state index contributed by atoms with van der Waals surface area (Å²) in [5.41, 5.74) is 1.37. The molecule has 3 rings (SSSR count). The molecule has 0 radical (unpaired) electrons. The zero-order valence-corrected chi connectivity index (χ0v) is 20.7. The standard InChI is InChI=1S/C22H37N5O.HI/c1-5-23-22(24-11-12-25(4)18(2)3)27-16-20-21(17-27)28-14-13-26(20)15-19-9-7-6-8-10-19;/h6-10,18,20-21H,5,11-17H2,1-4H3,(H,23,24);1H. The van der Waals surface area contributed by atoms with Gasteiger partial charge in [0.1, 0.15) is 0 Å². The van der Waals surface area contributed by atoms with Crippen molar-refractivity contribution >= 4 is 29.9 Å². The largest absolute Gasteiger partial charge is 0.373 e. The van der Waals surface area contributed by atoms with Gasteiger partial charge in [-0.05, 0) is 33.4 Å². The number of aliphatic imine (C=N–C) groups is 1. The van der Waals surface area contributed by atoms with E-state index in [1.807, 2.05) is 0 Å². The maximum Gasteiger partial charge on any atom is 0.194 e. The SMILES string of the molecule is CCNC(=NCCN(C)C(C)C)N1CC2OCCN(Cc3ccccc3)C2C1.I. The first-order valence-corrected chi connectivity index (χ1v) is 10.7. The van der Waals surface area contributed by atoms with Crippen molar-refractivity contribution in [2.75, 3.05) is 52.9 Å². The lowest BCUT2D eigenvalue weighted by atomic mass is 10.1. The summed E-state index contributed by atoms with van der Waals surface area (Å²) in [6.07, 6.45) is 0.264. The minimum Gasteiger partial charge on any atom is -0.373 e. The maximum absolute atomic E-state index is 6.13. The van der Waals surface area contributed by atoms with Crippen LogP contribution in [0.1, 0.15) is 26.3 Å². The Kier molecular flexibility index (Phi) is 10.1. The average Bonchev–Trinajstić information content (AvgIpc) is 3.13. The van der Waals surface area contributed by atoms with E-state index in [0.29, 0.717) is 12.1 Å². The van der Waals surface area contributed by atoms with Gasteiger partial charge in [0, 0.05) is 45.3 Å². The highest BCUT2D eigenvalue weighted by atomic mass is 127. The number of ether oxygens (including phenoxy) is 1. The summed E-state index contributed by atoms with van der Waals surface area (Å²) in [6.45, 7) is 14.0. The Hall–Kier alpha value is -0.900. The molecule has 2 unspecified atom stereocenters. The molecule has 1 N–H and O–H groups in total. The van der Waals surface area contributed by atoms with Crippen LogP contribution in [0, 0.1) is 0 Å². The monoisotopic (exact) mass is 515 g/mol. The Labute approximate surface area is 193 Å². The summed E-state index contributed by atoms with van der Waals surface area (Å²) in [5, 5.41) is 3.49. The van der Waals surface area contributed by atoms with Gasteiger partial charge in [-0.25, -0.2) is 0 Å². The minimum atomic E-state index is 0. The van der Waals surface area contributed by atoms with E-state index >= 15 is 0 Å². The molecule has 6 nitrogen and oxygen atoms in total. The van der Waals surface area contributed by atoms with Gasteiger partial charge in [0.15, 0.2) is 5.96 Å². The van der Waals surface area contributed by atoms with Crippen molar-refractivity contribution in [1.82, 2.24) is 20.0 Å². The van der Waals surface area contributed by atoms with Crippen LogP contribution in [0.15, 0.2) is 35.3 Å². The van der Waals surface area contributed by atoms with Gasteiger partial charge in [-0.15, -0.1) is 24.0 Å². The highest BCUT2D eigenvalue weighted by Gasteiger charge is 2.41. The first kappa shape index (κ1) is 24.4. The molecule has 2 heterocycles. The highest BCUT2D eigenvalue weighted by Crippen LogP contribution is 2.24. The third-order valence-corrected chi connectivity index (χ3v) is 5.88. The van der Waals surface area contributed by atoms with Gasteiger partial charge in [-0.1, -0.05) is 30.3 Å². The Morgan fingerprint density at radius 1 is 1.28 bits per heavy atom. The van der Waals surface area contributed by atoms with Crippen LogP contribution in [0.25, 0.3) is 0 Å². The molecule has 2 atom stereocenters. The van der Waals surface area contributed by atoms with Crippen LogP contribution in [0.3, 0.4) is 0 Å². The summed E-state index contributed by atoms with van der Waals surface area (Å²) >= 11 is 0. The Morgan fingerprint density at radius 3 is 2.72 bits per heavy atom. The molecule has 2 aliphatic rings. The Bertz CT molecular complexity index is 627.